The minimum absolute atomic E-state index is 0.213. The van der Waals surface area contributed by atoms with E-state index in [1.165, 1.54) is 10.4 Å². The van der Waals surface area contributed by atoms with Crippen molar-refractivity contribution in [2.45, 2.75) is 37.4 Å². The zero-order valence-electron chi connectivity index (χ0n) is 17.5. The lowest BCUT2D eigenvalue weighted by molar-refractivity contribution is 0.0955. The lowest BCUT2D eigenvalue weighted by Crippen LogP contribution is -2.37. The van der Waals surface area contributed by atoms with Gasteiger partial charge in [-0.1, -0.05) is 13.0 Å². The van der Waals surface area contributed by atoms with Crippen LogP contribution in [0.15, 0.2) is 34.5 Å². The fourth-order valence-electron chi connectivity index (χ4n) is 3.30. The second-order valence-electron chi connectivity index (χ2n) is 7.31. The molecule has 1 aromatic heterocycles. The number of nitrogens with zero attached hydrogens (tertiary/aromatic N) is 1. The molecule has 1 saturated heterocycles. The predicted octanol–water partition coefficient (Wildman–Crippen LogP) is 3.51. The maximum Gasteiger partial charge on any atom is 0.261 e. The lowest BCUT2D eigenvalue weighted by Gasteiger charge is -2.28. The summed E-state index contributed by atoms with van der Waals surface area (Å²) in [6.07, 6.45) is 1.73. The largest absolute Gasteiger partial charge is 0.493 e. The highest BCUT2D eigenvalue weighted by molar-refractivity contribution is 7.91. The van der Waals surface area contributed by atoms with E-state index >= 15 is 0 Å². The molecule has 0 unspecified atom stereocenters. The molecule has 164 valence electrons. The van der Waals surface area contributed by atoms with Gasteiger partial charge in [-0.05, 0) is 55.5 Å². The minimum Gasteiger partial charge on any atom is -0.493 e. The standard InChI is InChI=1S/C21H28N2O5S2/c1-4-28-17-6-5-16(13-18(17)27-3)14-22-21(24)19-7-8-20(29-19)30(25,26)23-11-9-15(2)10-12-23/h5-8,13,15H,4,9-12,14H2,1-3H3,(H,22,24). The highest BCUT2D eigenvalue weighted by Crippen LogP contribution is 2.29. The van der Waals surface area contributed by atoms with Crippen LogP contribution in [0.3, 0.4) is 0 Å². The number of hydrogen-bond donors (Lipinski definition) is 1. The van der Waals surface area contributed by atoms with Crippen LogP contribution in [0.5, 0.6) is 11.5 Å². The molecule has 2 heterocycles. The third kappa shape index (κ3) is 5.14. The second kappa shape index (κ2) is 9.80. The molecule has 0 saturated carbocycles. The molecule has 0 spiro atoms. The molecule has 0 bridgehead atoms. The third-order valence-electron chi connectivity index (χ3n) is 5.12. The van der Waals surface area contributed by atoms with E-state index in [-0.39, 0.29) is 10.1 Å². The zero-order chi connectivity index (χ0) is 21.7. The first-order chi connectivity index (χ1) is 14.3. The van der Waals surface area contributed by atoms with Crippen molar-refractivity contribution in [2.24, 2.45) is 5.92 Å². The third-order valence-corrected chi connectivity index (χ3v) is 8.57. The Hall–Kier alpha value is -2.10. The van der Waals surface area contributed by atoms with Crippen LogP contribution in [0, 0.1) is 5.92 Å². The molecule has 30 heavy (non-hydrogen) atoms. The average Bonchev–Trinajstić information content (AvgIpc) is 3.24. The summed E-state index contributed by atoms with van der Waals surface area (Å²) in [7, 11) is -1.98. The summed E-state index contributed by atoms with van der Waals surface area (Å²) < 4.78 is 38.2. The second-order valence-corrected chi connectivity index (χ2v) is 10.6. The van der Waals surface area contributed by atoms with E-state index < -0.39 is 10.0 Å². The van der Waals surface area contributed by atoms with Crippen molar-refractivity contribution in [3.05, 3.63) is 40.8 Å². The maximum absolute atomic E-state index is 12.8. The van der Waals surface area contributed by atoms with Gasteiger partial charge >= 0.3 is 0 Å². The van der Waals surface area contributed by atoms with Crippen LogP contribution < -0.4 is 14.8 Å². The van der Waals surface area contributed by atoms with Gasteiger partial charge < -0.3 is 14.8 Å². The Balaban J connectivity index is 1.64. The molecule has 0 aliphatic carbocycles. The van der Waals surface area contributed by atoms with Crippen LogP contribution >= 0.6 is 11.3 Å². The number of hydrogen-bond acceptors (Lipinski definition) is 6. The Labute approximate surface area is 182 Å². The summed E-state index contributed by atoms with van der Waals surface area (Å²) in [5, 5.41) is 2.83. The van der Waals surface area contributed by atoms with E-state index in [0.29, 0.717) is 48.5 Å². The van der Waals surface area contributed by atoms with Crippen LogP contribution in [0.4, 0.5) is 0 Å². The van der Waals surface area contributed by atoms with E-state index in [0.717, 1.165) is 29.7 Å². The Morgan fingerprint density at radius 1 is 1.20 bits per heavy atom. The Bertz CT molecular complexity index is 979. The lowest BCUT2D eigenvalue weighted by atomic mass is 10.0. The van der Waals surface area contributed by atoms with Crippen LogP contribution in [0.2, 0.25) is 0 Å². The van der Waals surface area contributed by atoms with Gasteiger partial charge in [0.25, 0.3) is 15.9 Å². The van der Waals surface area contributed by atoms with E-state index in [2.05, 4.69) is 12.2 Å². The molecular formula is C21H28N2O5S2. The van der Waals surface area contributed by atoms with Crippen molar-refractivity contribution in [1.29, 1.82) is 0 Å². The van der Waals surface area contributed by atoms with Crippen LogP contribution in [-0.4, -0.2) is 45.4 Å². The number of methoxy groups -OCH3 is 1. The van der Waals surface area contributed by atoms with E-state index in [1.54, 1.807) is 19.2 Å². The first kappa shape index (κ1) is 22.6. The molecule has 1 fully saturated rings. The Kier molecular flexibility index (Phi) is 7.38. The maximum atomic E-state index is 12.8. The molecule has 1 aliphatic heterocycles. The SMILES string of the molecule is CCOc1ccc(CNC(=O)c2ccc(S(=O)(=O)N3CCC(C)CC3)s2)cc1OC. The van der Waals surface area contributed by atoms with Crippen molar-refractivity contribution in [1.82, 2.24) is 9.62 Å². The number of sulfonamides is 1. The van der Waals surface area contributed by atoms with Gasteiger partial charge in [-0.25, -0.2) is 8.42 Å². The molecule has 3 rings (SSSR count). The number of ether oxygens (including phenoxy) is 2. The number of rotatable bonds is 8. The van der Waals surface area contributed by atoms with Gasteiger partial charge in [-0.3, -0.25) is 4.79 Å². The van der Waals surface area contributed by atoms with Crippen molar-refractivity contribution in [2.75, 3.05) is 26.8 Å². The highest BCUT2D eigenvalue weighted by Gasteiger charge is 2.29. The Morgan fingerprint density at radius 3 is 2.60 bits per heavy atom. The van der Waals surface area contributed by atoms with Crippen molar-refractivity contribution < 1.29 is 22.7 Å². The summed E-state index contributed by atoms with van der Waals surface area (Å²) in [6.45, 7) is 5.93. The van der Waals surface area contributed by atoms with E-state index in [1.807, 2.05) is 19.1 Å². The van der Waals surface area contributed by atoms with Crippen LogP contribution in [0.1, 0.15) is 41.9 Å². The van der Waals surface area contributed by atoms with Crippen molar-refractivity contribution >= 4 is 27.3 Å². The van der Waals surface area contributed by atoms with Gasteiger partial charge in [0, 0.05) is 19.6 Å². The smallest absolute Gasteiger partial charge is 0.261 e. The molecule has 0 atom stereocenters. The first-order valence-electron chi connectivity index (χ1n) is 10.0. The molecule has 0 radical (unpaired) electrons. The number of carbonyl (C=O) groups is 1. The molecular weight excluding hydrogens is 424 g/mol. The summed E-state index contributed by atoms with van der Waals surface area (Å²) in [4.78, 5) is 12.9. The topological polar surface area (TPSA) is 84.9 Å². The Morgan fingerprint density at radius 2 is 1.93 bits per heavy atom. The summed E-state index contributed by atoms with van der Waals surface area (Å²) >= 11 is 1.01. The van der Waals surface area contributed by atoms with Crippen molar-refractivity contribution in [3.8, 4) is 11.5 Å². The van der Waals surface area contributed by atoms with E-state index in [9.17, 15) is 13.2 Å². The normalized spacial score (nSPS) is 15.7. The van der Waals surface area contributed by atoms with Gasteiger partial charge in [0.15, 0.2) is 11.5 Å². The predicted molar refractivity (Wildman–Crippen MR) is 117 cm³/mol. The highest BCUT2D eigenvalue weighted by atomic mass is 32.2. The molecule has 1 amide bonds. The van der Waals surface area contributed by atoms with Crippen LogP contribution in [-0.2, 0) is 16.6 Å². The monoisotopic (exact) mass is 452 g/mol. The van der Waals surface area contributed by atoms with E-state index in [4.69, 9.17) is 9.47 Å². The number of thiophene rings is 1. The van der Waals surface area contributed by atoms with Gasteiger partial charge in [0.05, 0.1) is 18.6 Å². The average molecular weight is 453 g/mol. The molecule has 2 aromatic rings. The quantitative estimate of drug-likeness (QED) is 0.663. The van der Waals surface area contributed by atoms with Gasteiger partial charge in [-0.15, -0.1) is 11.3 Å². The summed E-state index contributed by atoms with van der Waals surface area (Å²) in [5.41, 5.74) is 0.857. The number of amides is 1. The van der Waals surface area contributed by atoms with Gasteiger partial charge in [-0.2, -0.15) is 4.31 Å². The number of piperidine rings is 1. The zero-order valence-corrected chi connectivity index (χ0v) is 19.1. The fraction of sp³-hybridized carbons (Fsp3) is 0.476. The van der Waals surface area contributed by atoms with Crippen molar-refractivity contribution in [3.63, 3.8) is 0 Å². The van der Waals surface area contributed by atoms with Gasteiger partial charge in [0.2, 0.25) is 0 Å². The molecule has 1 N–H and O–H groups in total. The summed E-state index contributed by atoms with van der Waals surface area (Å²) in [6, 6.07) is 8.56. The minimum atomic E-state index is -3.54. The fourth-order valence-corrected chi connectivity index (χ4v) is 6.15. The van der Waals surface area contributed by atoms with Crippen LogP contribution in [0.25, 0.3) is 0 Å². The molecule has 7 nitrogen and oxygen atoms in total. The number of carbonyl (C=O) groups excluding carboxylic acids is 1. The molecule has 9 heteroatoms. The molecule has 1 aromatic carbocycles. The first-order valence-corrected chi connectivity index (χ1v) is 12.3. The van der Waals surface area contributed by atoms with Gasteiger partial charge in [0.1, 0.15) is 4.21 Å². The molecule has 1 aliphatic rings. The summed E-state index contributed by atoms with van der Waals surface area (Å²) in [5.74, 6) is 1.49. The number of benzene rings is 1. The number of nitrogens with one attached hydrogen (secondary N) is 1.